The number of hydrogen-bond donors (Lipinski definition) is 1. The number of imidazole rings is 1. The molecule has 0 atom stereocenters. The van der Waals surface area contributed by atoms with Crippen LogP contribution in [-0.2, 0) is 6.54 Å². The maximum absolute atomic E-state index is 6.01. The molecule has 2 heterocycles. The van der Waals surface area contributed by atoms with Crippen molar-refractivity contribution in [3.8, 4) is 17.3 Å². The Bertz CT molecular complexity index is 764. The molecule has 102 valence electrons. The largest absolute Gasteiger partial charge is 0.497 e. The number of nitrogens with zero attached hydrogens (tertiary/aromatic N) is 3. The van der Waals surface area contributed by atoms with Gasteiger partial charge in [0.25, 0.3) is 0 Å². The third-order valence-electron chi connectivity index (χ3n) is 3.32. The van der Waals surface area contributed by atoms with E-state index in [2.05, 4.69) is 21.5 Å². The highest BCUT2D eigenvalue weighted by Crippen LogP contribution is 2.28. The Kier molecular flexibility index (Phi) is 3.02. The summed E-state index contributed by atoms with van der Waals surface area (Å²) in [5.41, 5.74) is 9.29. The highest BCUT2D eigenvalue weighted by molar-refractivity contribution is 5.83. The van der Waals surface area contributed by atoms with Crippen LogP contribution in [0.5, 0.6) is 5.75 Å². The maximum Gasteiger partial charge on any atom is 0.161 e. The molecular formula is C15H16N4O. The molecule has 2 N–H and O–H groups in total. The predicted octanol–water partition coefficient (Wildman–Crippen LogP) is 2.71. The van der Waals surface area contributed by atoms with Crippen LogP contribution in [0.15, 0.2) is 36.5 Å². The monoisotopic (exact) mass is 268 g/mol. The summed E-state index contributed by atoms with van der Waals surface area (Å²) in [5, 5.41) is 0. The van der Waals surface area contributed by atoms with Crippen LogP contribution < -0.4 is 10.5 Å². The second-order valence-corrected chi connectivity index (χ2v) is 4.48. The first-order chi connectivity index (χ1) is 9.74. The summed E-state index contributed by atoms with van der Waals surface area (Å²) >= 11 is 0. The van der Waals surface area contributed by atoms with Crippen molar-refractivity contribution in [3.05, 3.63) is 36.5 Å². The van der Waals surface area contributed by atoms with E-state index < -0.39 is 0 Å². The molecule has 0 aliphatic carbocycles. The van der Waals surface area contributed by atoms with Crippen LogP contribution in [-0.4, -0.2) is 21.6 Å². The van der Waals surface area contributed by atoms with Crippen LogP contribution in [0.25, 0.3) is 22.6 Å². The van der Waals surface area contributed by atoms with Gasteiger partial charge in [-0.2, -0.15) is 0 Å². The van der Waals surface area contributed by atoms with Crippen molar-refractivity contribution in [3.63, 3.8) is 0 Å². The van der Waals surface area contributed by atoms with Gasteiger partial charge in [-0.25, -0.2) is 4.98 Å². The first-order valence-corrected chi connectivity index (χ1v) is 6.49. The number of aromatic nitrogens is 3. The van der Waals surface area contributed by atoms with Gasteiger partial charge in [-0.05, 0) is 31.2 Å². The minimum Gasteiger partial charge on any atom is -0.497 e. The molecule has 0 spiro atoms. The summed E-state index contributed by atoms with van der Waals surface area (Å²) in [5.74, 6) is 1.58. The third kappa shape index (κ3) is 1.87. The standard InChI is InChI=1S/C15H16N4O/c1-3-19-13-7-6-10(20-2)9-12(13)18-15(19)14-11(16)5-4-8-17-14/h4-9H,3,16H2,1-2H3. The van der Waals surface area contributed by atoms with Crippen molar-refractivity contribution in [2.45, 2.75) is 13.5 Å². The average Bonchev–Trinajstić information content (AvgIpc) is 2.84. The van der Waals surface area contributed by atoms with Gasteiger partial charge in [0.2, 0.25) is 0 Å². The number of aryl methyl sites for hydroxylation is 1. The van der Waals surface area contributed by atoms with Crippen molar-refractivity contribution >= 4 is 16.7 Å². The Morgan fingerprint density at radius 2 is 2.15 bits per heavy atom. The van der Waals surface area contributed by atoms with Crippen LogP contribution in [0.2, 0.25) is 0 Å². The number of ether oxygens (including phenoxy) is 1. The minimum atomic E-state index is 0.629. The zero-order valence-corrected chi connectivity index (χ0v) is 11.5. The van der Waals surface area contributed by atoms with E-state index in [-0.39, 0.29) is 0 Å². The predicted molar refractivity (Wildman–Crippen MR) is 79.6 cm³/mol. The zero-order chi connectivity index (χ0) is 14.1. The van der Waals surface area contributed by atoms with E-state index in [1.165, 1.54) is 0 Å². The summed E-state index contributed by atoms with van der Waals surface area (Å²) in [6.45, 7) is 2.88. The number of fused-ring (bicyclic) bond motifs is 1. The molecule has 0 unspecified atom stereocenters. The van der Waals surface area contributed by atoms with E-state index in [1.807, 2.05) is 30.3 Å². The average molecular weight is 268 g/mol. The molecule has 5 nitrogen and oxygen atoms in total. The lowest BCUT2D eigenvalue weighted by molar-refractivity contribution is 0.415. The second-order valence-electron chi connectivity index (χ2n) is 4.48. The number of anilines is 1. The van der Waals surface area contributed by atoms with Gasteiger partial charge in [-0.15, -0.1) is 0 Å². The topological polar surface area (TPSA) is 66.0 Å². The molecule has 0 bridgehead atoms. The van der Waals surface area contributed by atoms with Gasteiger partial charge in [0.05, 0.1) is 23.8 Å². The van der Waals surface area contributed by atoms with Crippen LogP contribution >= 0.6 is 0 Å². The summed E-state index contributed by atoms with van der Waals surface area (Å²) in [4.78, 5) is 9.02. The molecule has 2 aromatic heterocycles. The van der Waals surface area contributed by atoms with E-state index in [0.29, 0.717) is 11.4 Å². The Morgan fingerprint density at radius 1 is 1.30 bits per heavy atom. The number of pyridine rings is 1. The maximum atomic E-state index is 6.01. The second kappa shape index (κ2) is 4.85. The normalized spacial score (nSPS) is 10.9. The number of nitrogens with two attached hydrogens (primary N) is 1. The fourth-order valence-electron chi connectivity index (χ4n) is 2.34. The minimum absolute atomic E-state index is 0.629. The van der Waals surface area contributed by atoms with E-state index in [9.17, 15) is 0 Å². The number of methoxy groups -OCH3 is 1. The molecule has 0 amide bonds. The lowest BCUT2D eigenvalue weighted by atomic mass is 10.3. The lowest BCUT2D eigenvalue weighted by Crippen LogP contribution is -2.01. The Hall–Kier alpha value is -2.56. The van der Waals surface area contributed by atoms with Gasteiger partial charge in [0.1, 0.15) is 11.4 Å². The molecule has 3 aromatic rings. The highest BCUT2D eigenvalue weighted by atomic mass is 16.5. The number of rotatable bonds is 3. The van der Waals surface area contributed by atoms with Crippen molar-refractivity contribution < 1.29 is 4.74 Å². The number of nitrogen functional groups attached to an aromatic ring is 1. The van der Waals surface area contributed by atoms with E-state index in [1.54, 1.807) is 13.3 Å². The number of hydrogen-bond acceptors (Lipinski definition) is 4. The first kappa shape index (κ1) is 12.5. The van der Waals surface area contributed by atoms with E-state index in [0.717, 1.165) is 29.2 Å². The molecule has 0 aliphatic heterocycles. The molecule has 0 saturated carbocycles. The van der Waals surface area contributed by atoms with E-state index >= 15 is 0 Å². The van der Waals surface area contributed by atoms with Crippen LogP contribution in [0.1, 0.15) is 6.92 Å². The Balaban J connectivity index is 2.28. The highest BCUT2D eigenvalue weighted by Gasteiger charge is 2.15. The molecule has 0 saturated heterocycles. The molecule has 3 rings (SSSR count). The van der Waals surface area contributed by atoms with Gasteiger partial charge in [0, 0.05) is 18.8 Å². The molecule has 5 heteroatoms. The summed E-state index contributed by atoms with van der Waals surface area (Å²) in [7, 11) is 1.65. The van der Waals surface area contributed by atoms with Crippen molar-refractivity contribution in [2.24, 2.45) is 0 Å². The molecular weight excluding hydrogens is 252 g/mol. The molecule has 1 aromatic carbocycles. The SMILES string of the molecule is CCn1c(-c2ncccc2N)nc2cc(OC)ccc21. The summed E-state index contributed by atoms with van der Waals surface area (Å²) in [6, 6.07) is 9.52. The summed E-state index contributed by atoms with van der Waals surface area (Å²) < 4.78 is 7.35. The Labute approximate surface area is 117 Å². The molecule has 0 radical (unpaired) electrons. The van der Waals surface area contributed by atoms with Crippen molar-refractivity contribution in [1.29, 1.82) is 0 Å². The quantitative estimate of drug-likeness (QED) is 0.793. The van der Waals surface area contributed by atoms with Gasteiger partial charge in [0.15, 0.2) is 5.82 Å². The third-order valence-corrected chi connectivity index (χ3v) is 3.32. The van der Waals surface area contributed by atoms with Crippen LogP contribution in [0, 0.1) is 0 Å². The fraction of sp³-hybridized carbons (Fsp3) is 0.200. The van der Waals surface area contributed by atoms with Crippen LogP contribution in [0.4, 0.5) is 5.69 Å². The van der Waals surface area contributed by atoms with Crippen LogP contribution in [0.3, 0.4) is 0 Å². The smallest absolute Gasteiger partial charge is 0.161 e. The lowest BCUT2D eigenvalue weighted by Gasteiger charge is -2.07. The first-order valence-electron chi connectivity index (χ1n) is 6.49. The Morgan fingerprint density at radius 3 is 2.85 bits per heavy atom. The summed E-state index contributed by atoms with van der Waals surface area (Å²) in [6.07, 6.45) is 1.73. The number of benzene rings is 1. The fourth-order valence-corrected chi connectivity index (χ4v) is 2.34. The van der Waals surface area contributed by atoms with E-state index in [4.69, 9.17) is 10.5 Å². The molecule has 0 aliphatic rings. The molecule has 0 fully saturated rings. The van der Waals surface area contributed by atoms with Gasteiger partial charge in [-0.1, -0.05) is 0 Å². The zero-order valence-electron chi connectivity index (χ0n) is 11.5. The van der Waals surface area contributed by atoms with Gasteiger partial charge >= 0.3 is 0 Å². The van der Waals surface area contributed by atoms with Gasteiger partial charge in [-0.3, -0.25) is 4.98 Å². The van der Waals surface area contributed by atoms with Crippen molar-refractivity contribution in [1.82, 2.24) is 14.5 Å². The van der Waals surface area contributed by atoms with Crippen molar-refractivity contribution in [2.75, 3.05) is 12.8 Å². The molecule has 20 heavy (non-hydrogen) atoms. The van der Waals surface area contributed by atoms with Gasteiger partial charge < -0.3 is 15.0 Å².